The minimum Gasteiger partial charge on any atom is -0.397 e. The second-order valence-corrected chi connectivity index (χ2v) is 12.8. The number of hydrogen-bond acceptors (Lipinski definition) is 5. The fourth-order valence-corrected chi connectivity index (χ4v) is 9.51. The molecule has 4 fully saturated rings. The summed E-state index contributed by atoms with van der Waals surface area (Å²) in [5, 5.41) is 1.19. The van der Waals surface area contributed by atoms with Crippen molar-refractivity contribution in [1.82, 2.24) is 0 Å². The lowest BCUT2D eigenvalue weighted by Crippen LogP contribution is -2.56. The van der Waals surface area contributed by atoms with Crippen LogP contribution in [0.4, 0.5) is 20.2 Å². The van der Waals surface area contributed by atoms with E-state index in [1.807, 2.05) is 7.11 Å². The molecule has 4 N–H and O–H groups in total. The molecule has 0 saturated heterocycles. The van der Waals surface area contributed by atoms with Crippen LogP contribution in [0.25, 0.3) is 0 Å². The zero-order valence-electron chi connectivity index (χ0n) is 22.1. The minimum absolute atomic E-state index is 0.0298. The van der Waals surface area contributed by atoms with E-state index in [1.165, 1.54) is 37.1 Å². The maximum absolute atomic E-state index is 13.8. The lowest BCUT2D eigenvalue weighted by atomic mass is 9.44. The van der Waals surface area contributed by atoms with Crippen LogP contribution in [0.1, 0.15) is 71.6 Å². The van der Waals surface area contributed by atoms with E-state index in [-0.39, 0.29) is 35.0 Å². The average molecular weight is 504 g/mol. The number of fused-ring (bicyclic) bond motifs is 5. The molecule has 4 aliphatic rings. The van der Waals surface area contributed by atoms with Crippen LogP contribution in [-0.2, 0) is 9.53 Å². The summed E-state index contributed by atoms with van der Waals surface area (Å²) >= 11 is 0. The molecule has 7 heteroatoms. The molecule has 1 aromatic carbocycles. The van der Waals surface area contributed by atoms with E-state index < -0.39 is 11.6 Å². The summed E-state index contributed by atoms with van der Waals surface area (Å²) in [7, 11) is 1.86. The van der Waals surface area contributed by atoms with Crippen molar-refractivity contribution in [2.24, 2.45) is 52.2 Å². The summed E-state index contributed by atoms with van der Waals surface area (Å²) in [6, 6.07) is 1.89. The molecule has 5 nitrogen and oxygen atoms in total. The molecule has 4 aliphatic carbocycles. The summed E-state index contributed by atoms with van der Waals surface area (Å²) in [6.07, 6.45) is 10.6. The van der Waals surface area contributed by atoms with Gasteiger partial charge in [-0.05, 0) is 91.8 Å². The van der Waals surface area contributed by atoms with Crippen molar-refractivity contribution in [2.45, 2.75) is 71.6 Å². The largest absolute Gasteiger partial charge is 0.397 e. The Morgan fingerprint density at radius 2 is 1.83 bits per heavy atom. The molecule has 0 amide bonds. The molecule has 36 heavy (non-hydrogen) atoms. The first kappa shape index (κ1) is 25.9. The molecule has 0 aliphatic heterocycles. The maximum atomic E-state index is 13.8. The number of methoxy groups -OCH3 is 1. The summed E-state index contributed by atoms with van der Waals surface area (Å²) in [6.45, 7) is 5.55. The number of ketones is 1. The van der Waals surface area contributed by atoms with E-state index in [1.54, 1.807) is 0 Å². The van der Waals surface area contributed by atoms with Crippen LogP contribution in [0.3, 0.4) is 0 Å². The monoisotopic (exact) mass is 503 g/mol. The first-order valence-electron chi connectivity index (χ1n) is 13.9. The molecular formula is C29H43F2N3O2. The number of nitrogens with two attached hydrogens (primary N) is 2. The summed E-state index contributed by atoms with van der Waals surface area (Å²) in [5.74, 6) is 7.58. The van der Waals surface area contributed by atoms with Gasteiger partial charge in [-0.2, -0.15) is 0 Å². The highest BCUT2D eigenvalue weighted by atomic mass is 19.2. The number of carbonyl (C=O) groups excluding carboxylic acids is 1. The fourth-order valence-electron chi connectivity index (χ4n) is 9.51. The third kappa shape index (κ3) is 4.05. The number of halogens is 2. The van der Waals surface area contributed by atoms with Gasteiger partial charge in [0.2, 0.25) is 0 Å². The highest BCUT2D eigenvalue weighted by Crippen LogP contribution is 2.68. The van der Waals surface area contributed by atoms with Crippen molar-refractivity contribution < 1.29 is 18.3 Å². The van der Waals surface area contributed by atoms with Gasteiger partial charge < -0.3 is 15.5 Å². The second-order valence-electron chi connectivity index (χ2n) is 12.8. The first-order valence-corrected chi connectivity index (χ1v) is 13.9. The van der Waals surface area contributed by atoms with Crippen molar-refractivity contribution in [2.75, 3.05) is 31.0 Å². The van der Waals surface area contributed by atoms with Crippen LogP contribution >= 0.6 is 0 Å². The third-order valence-electron chi connectivity index (χ3n) is 11.1. The zero-order chi connectivity index (χ0) is 25.8. The maximum Gasteiger partial charge on any atom is 0.161 e. The Kier molecular flexibility index (Phi) is 6.86. The van der Waals surface area contributed by atoms with Crippen molar-refractivity contribution in [3.05, 3.63) is 23.8 Å². The Balaban J connectivity index is 1.34. The Morgan fingerprint density at radius 3 is 2.58 bits per heavy atom. The number of nitrogens with zero attached hydrogens (tertiary/aromatic N) is 1. The van der Waals surface area contributed by atoms with E-state index in [2.05, 4.69) is 13.8 Å². The lowest BCUT2D eigenvalue weighted by molar-refractivity contribution is -0.154. The summed E-state index contributed by atoms with van der Waals surface area (Å²) in [4.78, 5) is 13.6. The van der Waals surface area contributed by atoms with Gasteiger partial charge in [0, 0.05) is 25.2 Å². The van der Waals surface area contributed by atoms with E-state index in [0.717, 1.165) is 56.3 Å². The zero-order valence-corrected chi connectivity index (χ0v) is 22.1. The Hall–Kier alpha value is -1.73. The normalized spacial score (nSPS) is 39.7. The van der Waals surface area contributed by atoms with Gasteiger partial charge in [-0.3, -0.25) is 4.79 Å². The van der Waals surface area contributed by atoms with Gasteiger partial charge in [-0.25, -0.2) is 14.6 Å². The van der Waals surface area contributed by atoms with Gasteiger partial charge in [0.1, 0.15) is 0 Å². The molecule has 200 valence electrons. The smallest absolute Gasteiger partial charge is 0.161 e. The van der Waals surface area contributed by atoms with Crippen molar-refractivity contribution in [3.63, 3.8) is 0 Å². The number of hydrogen-bond donors (Lipinski definition) is 2. The molecule has 4 saturated carbocycles. The quantitative estimate of drug-likeness (QED) is 0.295. The van der Waals surface area contributed by atoms with Crippen LogP contribution in [0, 0.1) is 58.0 Å². The molecule has 0 bridgehead atoms. The van der Waals surface area contributed by atoms with Gasteiger partial charge in [-0.1, -0.05) is 20.3 Å². The Morgan fingerprint density at radius 1 is 1.08 bits per heavy atom. The van der Waals surface area contributed by atoms with Crippen LogP contribution in [0.15, 0.2) is 12.1 Å². The summed E-state index contributed by atoms with van der Waals surface area (Å²) < 4.78 is 33.2. The lowest BCUT2D eigenvalue weighted by Gasteiger charge is -2.62. The van der Waals surface area contributed by atoms with Gasteiger partial charge >= 0.3 is 0 Å². The Bertz CT molecular complexity index is 1000. The molecule has 0 radical (unpaired) electrons. The van der Waals surface area contributed by atoms with E-state index in [4.69, 9.17) is 16.3 Å². The number of hydrazine groups is 1. The van der Waals surface area contributed by atoms with E-state index in [9.17, 15) is 13.6 Å². The standard InChI is InChI=1S/C29H43F2N3O2/c1-17-8-11-29(16-36-3)18(12-17)4-5-19-20-6-7-22(28(20,2)10-9-21(19)29)27(35)15-34(33)26-14-24(31)23(30)13-25(26)32/h13-14,17-22H,4-12,15-16,32-33H2,1-3H3/t17?,18?,19?,20?,21?,22-,28?,29?/m1/s1. The van der Waals surface area contributed by atoms with E-state index in [0.29, 0.717) is 23.2 Å². The number of rotatable bonds is 6. The van der Waals surface area contributed by atoms with Crippen LogP contribution in [0.2, 0.25) is 0 Å². The molecule has 1 aromatic rings. The number of carbonyl (C=O) groups is 1. The first-order chi connectivity index (χ1) is 17.1. The van der Waals surface area contributed by atoms with Gasteiger partial charge in [0.25, 0.3) is 0 Å². The molecule has 5 rings (SSSR count). The number of benzene rings is 1. The van der Waals surface area contributed by atoms with Crippen LogP contribution in [0.5, 0.6) is 0 Å². The molecule has 0 aromatic heterocycles. The van der Waals surface area contributed by atoms with Gasteiger partial charge in [-0.15, -0.1) is 0 Å². The molecular weight excluding hydrogens is 460 g/mol. The van der Waals surface area contributed by atoms with Crippen molar-refractivity contribution >= 4 is 17.2 Å². The predicted molar refractivity (Wildman–Crippen MR) is 138 cm³/mol. The third-order valence-corrected chi connectivity index (χ3v) is 11.1. The number of anilines is 2. The highest BCUT2D eigenvalue weighted by Gasteiger charge is 2.62. The second kappa shape index (κ2) is 9.54. The highest BCUT2D eigenvalue weighted by molar-refractivity contribution is 5.87. The van der Waals surface area contributed by atoms with Crippen molar-refractivity contribution in [3.8, 4) is 0 Å². The average Bonchev–Trinajstić information content (AvgIpc) is 3.19. The molecule has 0 heterocycles. The number of ether oxygens (including phenoxy) is 1. The predicted octanol–water partition coefficient (Wildman–Crippen LogP) is 5.72. The van der Waals surface area contributed by atoms with Crippen molar-refractivity contribution in [1.29, 1.82) is 0 Å². The Labute approximate surface area is 214 Å². The summed E-state index contributed by atoms with van der Waals surface area (Å²) in [5.41, 5.74) is 6.31. The minimum atomic E-state index is -1.02. The van der Waals surface area contributed by atoms with Gasteiger partial charge in [0.15, 0.2) is 17.4 Å². The number of nitrogen functional groups attached to an aromatic ring is 1. The molecule has 7 unspecified atom stereocenters. The van der Waals surface area contributed by atoms with Crippen LogP contribution in [-0.4, -0.2) is 26.0 Å². The topological polar surface area (TPSA) is 81.6 Å². The number of Topliss-reactive ketones (excluding diaryl/α,β-unsaturated/α-hetero) is 1. The molecule has 8 atom stereocenters. The van der Waals surface area contributed by atoms with Gasteiger partial charge in [0.05, 0.1) is 24.5 Å². The molecule has 0 spiro atoms. The van der Waals surface area contributed by atoms with E-state index >= 15 is 0 Å². The fraction of sp³-hybridized carbons (Fsp3) is 0.759. The van der Waals surface area contributed by atoms with Crippen LogP contribution < -0.4 is 16.6 Å². The SMILES string of the molecule is COCC12CCC(C)CC1CCC1C2CCC2(C)C1CC[C@@H]2C(=O)CN(N)c1cc(F)c(F)cc1N.